The van der Waals surface area contributed by atoms with Gasteiger partial charge in [0.2, 0.25) is 0 Å². The molecule has 1 aliphatic carbocycles. The molecule has 1 aromatic heterocycles. The van der Waals surface area contributed by atoms with E-state index in [1.807, 2.05) is 4.68 Å². The van der Waals surface area contributed by atoms with E-state index in [0.29, 0.717) is 24.2 Å². The molecule has 2 unspecified atom stereocenters. The molecular weight excluding hydrogens is 316 g/mol. The van der Waals surface area contributed by atoms with Gasteiger partial charge in [-0.1, -0.05) is 25.0 Å². The van der Waals surface area contributed by atoms with Gasteiger partial charge in [0.05, 0.1) is 12.2 Å². The maximum atomic E-state index is 12.6. The fraction of sp³-hybridized carbons (Fsp3) is 0.833. The second-order valence-electron chi connectivity index (χ2n) is 8.07. The molecule has 0 bridgehead atoms. The highest BCUT2D eigenvalue weighted by molar-refractivity contribution is 5.91. The Bertz CT molecular complexity index is 580. The molecule has 1 aromatic rings. The Morgan fingerprint density at radius 3 is 2.84 bits per heavy atom. The summed E-state index contributed by atoms with van der Waals surface area (Å²) in [5.41, 5.74) is 0.481. The van der Waals surface area contributed by atoms with Crippen molar-refractivity contribution in [2.24, 2.45) is 5.92 Å². The first kappa shape index (κ1) is 18.3. The van der Waals surface area contributed by atoms with Crippen molar-refractivity contribution in [3.05, 3.63) is 11.9 Å². The number of piperidine rings is 1. The first-order chi connectivity index (χ1) is 12.0. The summed E-state index contributed by atoms with van der Waals surface area (Å²) in [6.45, 7) is 4.97. The van der Waals surface area contributed by atoms with Crippen molar-refractivity contribution in [1.29, 1.82) is 0 Å². The lowest BCUT2D eigenvalue weighted by Gasteiger charge is -2.45. The maximum absolute atomic E-state index is 12.6. The molecule has 2 fully saturated rings. The van der Waals surface area contributed by atoms with Crippen LogP contribution in [0.1, 0.15) is 62.0 Å². The second kappa shape index (κ2) is 7.83. The molecule has 1 amide bonds. The van der Waals surface area contributed by atoms with Gasteiger partial charge in [-0.25, -0.2) is 4.68 Å². The minimum Gasteiger partial charge on any atom is -0.349 e. The fourth-order valence-electron chi connectivity index (χ4n) is 4.32. The molecule has 7 nitrogen and oxygen atoms in total. The number of aromatic nitrogens is 3. The third-order valence-corrected chi connectivity index (χ3v) is 6.02. The number of likely N-dealkylation sites (N-methyl/N-ethyl adjacent to an activating group) is 1. The summed E-state index contributed by atoms with van der Waals surface area (Å²) in [4.78, 5) is 14.9. The number of hydrogen-bond acceptors (Lipinski definition) is 5. The Morgan fingerprint density at radius 1 is 1.40 bits per heavy atom. The molecule has 2 atom stereocenters. The van der Waals surface area contributed by atoms with Gasteiger partial charge >= 0.3 is 0 Å². The van der Waals surface area contributed by atoms with E-state index in [9.17, 15) is 4.79 Å². The normalized spacial score (nSPS) is 28.2. The quantitative estimate of drug-likeness (QED) is 0.842. The number of carbonyl (C=O) groups is 1. The van der Waals surface area contributed by atoms with E-state index in [0.717, 1.165) is 38.8 Å². The lowest BCUT2D eigenvalue weighted by atomic mass is 9.75. The highest BCUT2D eigenvalue weighted by Gasteiger charge is 2.37. The molecule has 25 heavy (non-hydrogen) atoms. The molecule has 0 aromatic carbocycles. The Morgan fingerprint density at radius 2 is 2.16 bits per heavy atom. The van der Waals surface area contributed by atoms with Crippen LogP contribution in [0.3, 0.4) is 0 Å². The fourth-order valence-corrected chi connectivity index (χ4v) is 4.32. The number of hydrogen-bond donors (Lipinski definition) is 2. The van der Waals surface area contributed by atoms with Crippen molar-refractivity contribution in [3.63, 3.8) is 0 Å². The van der Waals surface area contributed by atoms with Crippen LogP contribution >= 0.6 is 0 Å². The number of amides is 1. The monoisotopic (exact) mass is 348 g/mol. The van der Waals surface area contributed by atoms with E-state index in [4.69, 9.17) is 0 Å². The largest absolute Gasteiger partial charge is 0.349 e. The molecular formula is C18H32N6O. The van der Waals surface area contributed by atoms with Crippen LogP contribution in [0.25, 0.3) is 0 Å². The first-order valence-electron chi connectivity index (χ1n) is 9.58. The van der Waals surface area contributed by atoms with Crippen molar-refractivity contribution in [2.75, 3.05) is 33.7 Å². The summed E-state index contributed by atoms with van der Waals surface area (Å²) in [5, 5.41) is 14.8. The predicted octanol–water partition coefficient (Wildman–Crippen LogP) is 1.44. The molecule has 2 aliphatic rings. The summed E-state index contributed by atoms with van der Waals surface area (Å²) in [5.74, 6) is 0.591. The van der Waals surface area contributed by atoms with E-state index >= 15 is 0 Å². The minimum atomic E-state index is -0.111. The standard InChI is InChI=1S/C18H32N6O/c1-14-5-4-8-18(11-14,23(2)3)13-20-17(25)16-12-24(22-21-16)15-6-9-19-10-7-15/h12,14-15,19H,4-11,13H2,1-3H3,(H,20,25). The molecule has 1 aliphatic heterocycles. The van der Waals surface area contributed by atoms with Gasteiger partial charge in [-0.05, 0) is 58.8 Å². The van der Waals surface area contributed by atoms with E-state index < -0.39 is 0 Å². The Labute approximate surface area is 150 Å². The summed E-state index contributed by atoms with van der Waals surface area (Å²) < 4.78 is 1.86. The second-order valence-corrected chi connectivity index (χ2v) is 8.07. The summed E-state index contributed by atoms with van der Waals surface area (Å²) in [6, 6.07) is 0.350. The van der Waals surface area contributed by atoms with Crippen molar-refractivity contribution in [3.8, 4) is 0 Å². The molecule has 3 rings (SSSR count). The van der Waals surface area contributed by atoms with Crippen LogP contribution in [0.5, 0.6) is 0 Å². The zero-order valence-corrected chi connectivity index (χ0v) is 15.8. The Kier molecular flexibility index (Phi) is 5.74. The van der Waals surface area contributed by atoms with Crippen molar-refractivity contribution >= 4 is 5.91 Å². The Balaban J connectivity index is 1.60. The zero-order valence-electron chi connectivity index (χ0n) is 15.8. The van der Waals surface area contributed by atoms with Crippen molar-refractivity contribution in [2.45, 2.75) is 57.0 Å². The molecule has 0 radical (unpaired) electrons. The van der Waals surface area contributed by atoms with Gasteiger partial charge in [0.15, 0.2) is 5.69 Å². The van der Waals surface area contributed by atoms with Crippen molar-refractivity contribution < 1.29 is 4.79 Å². The number of carbonyl (C=O) groups excluding carboxylic acids is 1. The lowest BCUT2D eigenvalue weighted by Crippen LogP contribution is -2.55. The first-order valence-corrected chi connectivity index (χ1v) is 9.58. The van der Waals surface area contributed by atoms with Crippen LogP contribution in [-0.2, 0) is 0 Å². The van der Waals surface area contributed by atoms with Crippen LogP contribution < -0.4 is 10.6 Å². The van der Waals surface area contributed by atoms with Crippen LogP contribution in [0.4, 0.5) is 0 Å². The van der Waals surface area contributed by atoms with E-state index in [-0.39, 0.29) is 11.4 Å². The molecule has 1 saturated carbocycles. The van der Waals surface area contributed by atoms with Crippen LogP contribution in [0.15, 0.2) is 6.20 Å². The predicted molar refractivity (Wildman–Crippen MR) is 97.5 cm³/mol. The zero-order chi connectivity index (χ0) is 17.9. The molecule has 0 spiro atoms. The van der Waals surface area contributed by atoms with E-state index in [2.05, 4.69) is 46.9 Å². The molecule has 7 heteroatoms. The smallest absolute Gasteiger partial charge is 0.273 e. The van der Waals surface area contributed by atoms with Gasteiger partial charge in [-0.2, -0.15) is 0 Å². The van der Waals surface area contributed by atoms with Crippen LogP contribution in [-0.4, -0.2) is 65.1 Å². The van der Waals surface area contributed by atoms with Gasteiger partial charge in [-0.3, -0.25) is 4.79 Å². The lowest BCUT2D eigenvalue weighted by molar-refractivity contribution is 0.0673. The SMILES string of the molecule is CC1CCCC(CNC(=O)c2cn(C3CCNCC3)nn2)(N(C)C)C1. The third-order valence-electron chi connectivity index (χ3n) is 6.02. The van der Waals surface area contributed by atoms with Gasteiger partial charge in [0.1, 0.15) is 0 Å². The van der Waals surface area contributed by atoms with Gasteiger partial charge in [0, 0.05) is 12.1 Å². The topological polar surface area (TPSA) is 75.1 Å². The molecule has 1 saturated heterocycles. The maximum Gasteiger partial charge on any atom is 0.273 e. The number of nitrogens with zero attached hydrogens (tertiary/aromatic N) is 4. The highest BCUT2D eigenvalue weighted by atomic mass is 16.2. The minimum absolute atomic E-state index is 0.0539. The van der Waals surface area contributed by atoms with Crippen LogP contribution in [0.2, 0.25) is 0 Å². The van der Waals surface area contributed by atoms with E-state index in [1.54, 1.807) is 6.20 Å². The third kappa shape index (κ3) is 4.20. The summed E-state index contributed by atoms with van der Waals surface area (Å²) in [6.07, 6.45) is 8.64. The van der Waals surface area contributed by atoms with Gasteiger partial charge < -0.3 is 15.5 Å². The molecule has 2 N–H and O–H groups in total. The summed E-state index contributed by atoms with van der Waals surface area (Å²) >= 11 is 0. The van der Waals surface area contributed by atoms with Gasteiger partial charge in [-0.15, -0.1) is 5.10 Å². The Hall–Kier alpha value is -1.47. The molecule has 140 valence electrons. The highest BCUT2D eigenvalue weighted by Crippen LogP contribution is 2.35. The van der Waals surface area contributed by atoms with Crippen molar-refractivity contribution in [1.82, 2.24) is 30.5 Å². The average molecular weight is 348 g/mol. The van der Waals surface area contributed by atoms with Gasteiger partial charge in [0.25, 0.3) is 5.91 Å². The molecule has 2 heterocycles. The summed E-state index contributed by atoms with van der Waals surface area (Å²) in [7, 11) is 4.25. The number of nitrogens with one attached hydrogen (secondary N) is 2. The van der Waals surface area contributed by atoms with E-state index in [1.165, 1.54) is 12.8 Å². The number of rotatable bonds is 5. The van der Waals surface area contributed by atoms with Crippen LogP contribution in [0, 0.1) is 5.92 Å². The average Bonchev–Trinajstić information content (AvgIpc) is 3.10.